The molecule has 0 N–H and O–H groups in total. The second kappa shape index (κ2) is 11.5. The van der Waals surface area contributed by atoms with Crippen molar-refractivity contribution in [2.75, 3.05) is 25.3 Å². The molecule has 0 spiro atoms. The van der Waals surface area contributed by atoms with Crippen molar-refractivity contribution in [1.29, 1.82) is 0 Å². The molecule has 186 valence electrons. The van der Waals surface area contributed by atoms with Gasteiger partial charge in [0.2, 0.25) is 0 Å². The highest BCUT2D eigenvalue weighted by molar-refractivity contribution is 6.11. The minimum atomic E-state index is -1.20. The summed E-state index contributed by atoms with van der Waals surface area (Å²) in [6, 6.07) is 26.5. The first-order chi connectivity index (χ1) is 17.6. The van der Waals surface area contributed by atoms with Crippen molar-refractivity contribution in [2.24, 2.45) is 16.9 Å². The van der Waals surface area contributed by atoms with Gasteiger partial charge in [-0.05, 0) is 61.4 Å². The van der Waals surface area contributed by atoms with E-state index < -0.39 is 29.8 Å². The van der Waals surface area contributed by atoms with E-state index in [0.29, 0.717) is 11.5 Å². The molecule has 3 aromatic carbocycles. The number of nitrogens with zero attached hydrogens (tertiary/aromatic N) is 2. The van der Waals surface area contributed by atoms with Crippen LogP contribution < -0.4 is 9.75 Å². The van der Waals surface area contributed by atoms with Gasteiger partial charge in [0.1, 0.15) is 5.75 Å². The highest BCUT2D eigenvalue weighted by atomic mass is 16.6. The third-order valence-corrected chi connectivity index (χ3v) is 6.12. The zero-order valence-electron chi connectivity index (χ0n) is 20.7. The summed E-state index contributed by atoms with van der Waals surface area (Å²) in [6.07, 6.45) is 0. The molecule has 7 heteroatoms. The third-order valence-electron chi connectivity index (χ3n) is 6.12. The summed E-state index contributed by atoms with van der Waals surface area (Å²) in [6.45, 7) is 3.74. The fraction of sp³-hybridized carbons (Fsp3) is 0.276. The van der Waals surface area contributed by atoms with Gasteiger partial charge in [0.05, 0.1) is 43.7 Å². The second-order valence-electron chi connectivity index (χ2n) is 8.26. The Labute approximate surface area is 211 Å². The van der Waals surface area contributed by atoms with Gasteiger partial charge in [-0.25, -0.2) is 0 Å². The number of methoxy groups -OCH3 is 1. The number of benzene rings is 3. The number of hydrogen-bond acceptors (Lipinski definition) is 7. The molecule has 36 heavy (non-hydrogen) atoms. The minimum absolute atomic E-state index is 0.148. The Morgan fingerprint density at radius 2 is 1.39 bits per heavy atom. The van der Waals surface area contributed by atoms with Gasteiger partial charge < -0.3 is 14.2 Å². The summed E-state index contributed by atoms with van der Waals surface area (Å²) in [5, 5.41) is 6.90. The van der Waals surface area contributed by atoms with Crippen LogP contribution in [0.4, 0.5) is 5.69 Å². The SMILES string of the molecule is CCOC(=O)C(C(=O)OCC)[C@H]1C(c2ccc(OC)cc2)=NN(c2ccccc2)[C@@H]1c1ccccc1. The zero-order chi connectivity index (χ0) is 25.5. The predicted octanol–water partition coefficient (Wildman–Crippen LogP) is 5.02. The molecule has 0 radical (unpaired) electrons. The van der Waals surface area contributed by atoms with Gasteiger partial charge in [-0.3, -0.25) is 14.6 Å². The first-order valence-corrected chi connectivity index (χ1v) is 12.0. The monoisotopic (exact) mass is 486 g/mol. The van der Waals surface area contributed by atoms with Crippen LogP contribution >= 0.6 is 0 Å². The van der Waals surface area contributed by atoms with Gasteiger partial charge in [0.25, 0.3) is 0 Å². The molecule has 0 aliphatic carbocycles. The number of ether oxygens (including phenoxy) is 3. The van der Waals surface area contributed by atoms with Crippen molar-refractivity contribution in [1.82, 2.24) is 0 Å². The Hall–Kier alpha value is -4.13. The Morgan fingerprint density at radius 1 is 0.833 bits per heavy atom. The molecule has 7 nitrogen and oxygen atoms in total. The third kappa shape index (κ3) is 5.10. The molecule has 0 unspecified atom stereocenters. The number of hydrazone groups is 1. The molecule has 0 aromatic heterocycles. The molecule has 1 aliphatic rings. The summed E-state index contributed by atoms with van der Waals surface area (Å²) < 4.78 is 16.1. The topological polar surface area (TPSA) is 77.4 Å². The van der Waals surface area contributed by atoms with Crippen molar-refractivity contribution in [3.05, 3.63) is 96.1 Å². The predicted molar refractivity (Wildman–Crippen MR) is 138 cm³/mol. The lowest BCUT2D eigenvalue weighted by Gasteiger charge is -2.31. The van der Waals surface area contributed by atoms with Crippen LogP contribution in [0.15, 0.2) is 90.0 Å². The van der Waals surface area contributed by atoms with Gasteiger partial charge in [-0.2, -0.15) is 5.10 Å². The molecule has 4 rings (SSSR count). The maximum absolute atomic E-state index is 13.3. The number of rotatable bonds is 9. The van der Waals surface area contributed by atoms with E-state index in [2.05, 4.69) is 0 Å². The maximum Gasteiger partial charge on any atom is 0.321 e. The van der Waals surface area contributed by atoms with Crippen molar-refractivity contribution in [3.63, 3.8) is 0 Å². The second-order valence-corrected chi connectivity index (χ2v) is 8.26. The highest BCUT2D eigenvalue weighted by Crippen LogP contribution is 2.45. The standard InChI is InChI=1S/C29H30N2O5/c1-4-35-28(32)25(29(33)36-5-2)24-26(20-16-18-23(34-3)19-17-20)30-31(22-14-10-7-11-15-22)27(24)21-12-8-6-9-13-21/h6-19,24-25,27H,4-5H2,1-3H3/t24-,27+/m0/s1. The van der Waals surface area contributed by atoms with E-state index in [1.165, 1.54) is 0 Å². The van der Waals surface area contributed by atoms with Gasteiger partial charge in [-0.1, -0.05) is 48.5 Å². The molecule has 0 bridgehead atoms. The largest absolute Gasteiger partial charge is 0.497 e. The highest BCUT2D eigenvalue weighted by Gasteiger charge is 2.51. The fourth-order valence-corrected chi connectivity index (χ4v) is 4.55. The van der Waals surface area contributed by atoms with Crippen LogP contribution in [0.5, 0.6) is 5.75 Å². The average molecular weight is 487 g/mol. The fourth-order valence-electron chi connectivity index (χ4n) is 4.55. The lowest BCUT2D eigenvalue weighted by Crippen LogP contribution is -2.41. The van der Waals surface area contributed by atoms with Crippen LogP contribution in [0, 0.1) is 11.8 Å². The Balaban J connectivity index is 1.93. The van der Waals surface area contributed by atoms with Crippen molar-refractivity contribution in [2.45, 2.75) is 19.9 Å². The smallest absolute Gasteiger partial charge is 0.321 e. The van der Waals surface area contributed by atoms with E-state index >= 15 is 0 Å². The number of para-hydroxylation sites is 1. The first kappa shape index (κ1) is 25.0. The van der Waals surface area contributed by atoms with Crippen LogP contribution in [0.3, 0.4) is 0 Å². The molecule has 0 amide bonds. The van der Waals surface area contributed by atoms with Crippen molar-refractivity contribution < 1.29 is 23.8 Å². The number of anilines is 1. The first-order valence-electron chi connectivity index (χ1n) is 12.0. The summed E-state index contributed by atoms with van der Waals surface area (Å²) in [7, 11) is 1.60. The molecule has 0 saturated heterocycles. The number of hydrogen-bond donors (Lipinski definition) is 0. The van der Waals surface area contributed by atoms with Crippen LogP contribution in [0.2, 0.25) is 0 Å². The maximum atomic E-state index is 13.3. The van der Waals surface area contributed by atoms with Gasteiger partial charge in [0, 0.05) is 0 Å². The molecule has 3 aromatic rings. The Morgan fingerprint density at radius 3 is 1.92 bits per heavy atom. The van der Waals surface area contributed by atoms with Crippen LogP contribution in [-0.2, 0) is 19.1 Å². The van der Waals surface area contributed by atoms with Gasteiger partial charge in [0.15, 0.2) is 5.92 Å². The molecule has 0 fully saturated rings. The van der Waals surface area contributed by atoms with Crippen LogP contribution in [0.25, 0.3) is 0 Å². The summed E-state index contributed by atoms with van der Waals surface area (Å²) >= 11 is 0. The van der Waals surface area contributed by atoms with Crippen LogP contribution in [0.1, 0.15) is 31.0 Å². The number of carbonyl (C=O) groups is 2. The Kier molecular flexibility index (Phi) is 8.00. The molecular weight excluding hydrogens is 456 g/mol. The molecule has 1 aliphatic heterocycles. The van der Waals surface area contributed by atoms with E-state index in [-0.39, 0.29) is 13.2 Å². The number of esters is 2. The van der Waals surface area contributed by atoms with Crippen molar-refractivity contribution >= 4 is 23.3 Å². The van der Waals surface area contributed by atoms with E-state index in [9.17, 15) is 9.59 Å². The zero-order valence-corrected chi connectivity index (χ0v) is 20.7. The molecular formula is C29H30N2O5. The summed E-state index contributed by atoms with van der Waals surface area (Å²) in [5.41, 5.74) is 3.13. The minimum Gasteiger partial charge on any atom is -0.497 e. The van der Waals surface area contributed by atoms with E-state index in [1.54, 1.807) is 21.0 Å². The quantitative estimate of drug-likeness (QED) is 0.312. The van der Waals surface area contributed by atoms with E-state index in [4.69, 9.17) is 19.3 Å². The normalized spacial score (nSPS) is 17.0. The average Bonchev–Trinajstić information content (AvgIpc) is 3.30. The summed E-state index contributed by atoms with van der Waals surface area (Å²) in [4.78, 5) is 26.7. The molecule has 0 saturated carbocycles. The van der Waals surface area contributed by atoms with E-state index in [1.807, 2.05) is 89.9 Å². The van der Waals surface area contributed by atoms with Crippen molar-refractivity contribution in [3.8, 4) is 5.75 Å². The van der Waals surface area contributed by atoms with Crippen LogP contribution in [-0.4, -0.2) is 38.0 Å². The molecule has 2 atom stereocenters. The Bertz CT molecular complexity index is 1180. The lowest BCUT2D eigenvalue weighted by molar-refractivity contribution is -0.163. The van der Waals surface area contributed by atoms with Gasteiger partial charge >= 0.3 is 11.9 Å². The summed E-state index contributed by atoms with van der Waals surface area (Å²) in [5.74, 6) is -2.43. The van der Waals surface area contributed by atoms with Gasteiger partial charge in [-0.15, -0.1) is 0 Å². The van der Waals surface area contributed by atoms with E-state index in [0.717, 1.165) is 16.8 Å². The number of carbonyl (C=O) groups excluding carboxylic acids is 2. The molecule has 1 heterocycles. The lowest BCUT2D eigenvalue weighted by atomic mass is 9.77.